The second-order valence-electron chi connectivity index (χ2n) is 7.14. The molecular weight excluding hydrogens is 378 g/mol. The van der Waals surface area contributed by atoms with Gasteiger partial charge in [0.25, 0.3) is 11.8 Å². The van der Waals surface area contributed by atoms with Gasteiger partial charge in [0.05, 0.1) is 11.1 Å². The summed E-state index contributed by atoms with van der Waals surface area (Å²) in [5.41, 5.74) is 0. The fourth-order valence-electron chi connectivity index (χ4n) is 3.83. The van der Waals surface area contributed by atoms with Crippen molar-refractivity contribution in [3.63, 3.8) is 0 Å². The molecular formula is C20H23N3O4S. The van der Waals surface area contributed by atoms with E-state index in [2.05, 4.69) is 0 Å². The van der Waals surface area contributed by atoms with Gasteiger partial charge in [0.2, 0.25) is 5.91 Å². The molecule has 148 valence electrons. The maximum absolute atomic E-state index is 12.9. The normalized spacial score (nSPS) is 18.4. The van der Waals surface area contributed by atoms with E-state index in [0.29, 0.717) is 57.9 Å². The number of likely N-dealkylation sites (tertiary alicyclic amines) is 1. The molecule has 28 heavy (non-hydrogen) atoms. The molecule has 0 radical (unpaired) electrons. The van der Waals surface area contributed by atoms with Crippen molar-refractivity contribution in [3.8, 4) is 0 Å². The molecule has 2 aliphatic heterocycles. The Kier molecular flexibility index (Phi) is 5.47. The summed E-state index contributed by atoms with van der Waals surface area (Å²) < 4.78 is 5.17. The van der Waals surface area contributed by atoms with E-state index in [1.807, 2.05) is 27.3 Å². The summed E-state index contributed by atoms with van der Waals surface area (Å²) in [6.45, 7) is 3.34. The smallest absolute Gasteiger partial charge is 0.289 e. The van der Waals surface area contributed by atoms with Crippen LogP contribution in [0.3, 0.4) is 0 Å². The molecule has 8 heteroatoms. The van der Waals surface area contributed by atoms with Gasteiger partial charge in [-0.05, 0) is 36.4 Å². The topological polar surface area (TPSA) is 74.1 Å². The van der Waals surface area contributed by atoms with E-state index in [1.165, 1.54) is 17.6 Å². The van der Waals surface area contributed by atoms with Crippen molar-refractivity contribution in [1.29, 1.82) is 0 Å². The molecule has 2 aromatic heterocycles. The van der Waals surface area contributed by atoms with Crippen LogP contribution in [0.15, 0.2) is 40.3 Å². The van der Waals surface area contributed by atoms with Gasteiger partial charge in [-0.3, -0.25) is 14.4 Å². The van der Waals surface area contributed by atoms with Crippen LogP contribution in [-0.2, 0) is 4.79 Å². The summed E-state index contributed by atoms with van der Waals surface area (Å²) in [5.74, 6) is 0.374. The Morgan fingerprint density at radius 1 is 0.857 bits per heavy atom. The Hall–Kier alpha value is -2.61. The molecule has 4 rings (SSSR count). The molecule has 7 nitrogen and oxygen atoms in total. The predicted octanol–water partition coefficient (Wildman–Crippen LogP) is 2.18. The second kappa shape index (κ2) is 8.18. The van der Waals surface area contributed by atoms with Gasteiger partial charge in [0.1, 0.15) is 0 Å². The van der Waals surface area contributed by atoms with Crippen molar-refractivity contribution in [3.05, 3.63) is 46.5 Å². The summed E-state index contributed by atoms with van der Waals surface area (Å²) >= 11 is 1.45. The highest BCUT2D eigenvalue weighted by molar-refractivity contribution is 7.12. The molecule has 0 spiro atoms. The molecule has 0 bridgehead atoms. The standard InChI is InChI=1S/C20H23N3O4S/c24-18(15-5-7-21(8-6-15)20(26)17-4-2-14-28-17)22-9-11-23(12-10-22)19(25)16-3-1-13-27-16/h1-4,13-15H,5-12H2. The van der Waals surface area contributed by atoms with E-state index in [1.54, 1.807) is 17.0 Å². The van der Waals surface area contributed by atoms with Gasteiger partial charge in [0, 0.05) is 45.2 Å². The minimum Gasteiger partial charge on any atom is -0.459 e. The number of rotatable bonds is 3. The molecule has 0 N–H and O–H groups in total. The molecule has 0 atom stereocenters. The van der Waals surface area contributed by atoms with Crippen LogP contribution in [0.4, 0.5) is 0 Å². The largest absolute Gasteiger partial charge is 0.459 e. The third-order valence-electron chi connectivity index (χ3n) is 5.47. The van der Waals surface area contributed by atoms with Gasteiger partial charge in [-0.25, -0.2) is 0 Å². The van der Waals surface area contributed by atoms with Crippen LogP contribution in [0.5, 0.6) is 0 Å². The lowest BCUT2D eigenvalue weighted by Gasteiger charge is -2.38. The SMILES string of the molecule is O=C(c1ccco1)N1CCN(C(=O)C2CCN(C(=O)c3cccs3)CC2)CC1. The monoisotopic (exact) mass is 401 g/mol. The van der Waals surface area contributed by atoms with Crippen LogP contribution < -0.4 is 0 Å². The average Bonchev–Trinajstić information content (AvgIpc) is 3.47. The minimum absolute atomic E-state index is 0.0419. The zero-order valence-electron chi connectivity index (χ0n) is 15.6. The fraction of sp³-hybridized carbons (Fsp3) is 0.450. The number of piperidine rings is 1. The Morgan fingerprint density at radius 3 is 2.14 bits per heavy atom. The number of amides is 3. The molecule has 0 aliphatic carbocycles. The molecule has 3 amide bonds. The van der Waals surface area contributed by atoms with Gasteiger partial charge >= 0.3 is 0 Å². The van der Waals surface area contributed by atoms with Crippen LogP contribution in [0.2, 0.25) is 0 Å². The highest BCUT2D eigenvalue weighted by atomic mass is 32.1. The first-order valence-electron chi connectivity index (χ1n) is 9.58. The summed E-state index contributed by atoms with van der Waals surface area (Å²) in [7, 11) is 0. The number of hydrogen-bond acceptors (Lipinski definition) is 5. The van der Waals surface area contributed by atoms with Crippen LogP contribution >= 0.6 is 11.3 Å². The Morgan fingerprint density at radius 2 is 1.54 bits per heavy atom. The first kappa shape index (κ1) is 18.7. The number of furan rings is 1. The number of piperazine rings is 1. The Bertz CT molecular complexity index is 750. The van der Waals surface area contributed by atoms with Gasteiger partial charge < -0.3 is 19.1 Å². The first-order valence-corrected chi connectivity index (χ1v) is 10.5. The average molecular weight is 401 g/mol. The summed E-state index contributed by atoms with van der Waals surface area (Å²) in [6, 6.07) is 7.08. The van der Waals surface area contributed by atoms with Crippen molar-refractivity contribution in [1.82, 2.24) is 14.7 Å². The fourth-order valence-corrected chi connectivity index (χ4v) is 4.52. The number of nitrogens with zero attached hydrogens (tertiary/aromatic N) is 3. The van der Waals surface area contributed by atoms with Crippen LogP contribution in [0.25, 0.3) is 0 Å². The zero-order valence-corrected chi connectivity index (χ0v) is 16.4. The lowest BCUT2D eigenvalue weighted by Crippen LogP contribution is -2.53. The summed E-state index contributed by atoms with van der Waals surface area (Å²) in [4.78, 5) is 43.8. The van der Waals surface area contributed by atoms with Crippen molar-refractivity contribution in [2.24, 2.45) is 5.92 Å². The molecule has 4 heterocycles. The van der Waals surface area contributed by atoms with Gasteiger partial charge in [-0.15, -0.1) is 11.3 Å². The molecule has 0 saturated carbocycles. The van der Waals surface area contributed by atoms with Crippen LogP contribution in [-0.4, -0.2) is 71.7 Å². The molecule has 0 aromatic carbocycles. The molecule has 2 fully saturated rings. The quantitative estimate of drug-likeness (QED) is 0.790. The molecule has 0 unspecified atom stereocenters. The third-order valence-corrected chi connectivity index (χ3v) is 6.33. The predicted molar refractivity (Wildman–Crippen MR) is 104 cm³/mol. The molecule has 2 aromatic rings. The zero-order chi connectivity index (χ0) is 19.5. The van der Waals surface area contributed by atoms with E-state index in [9.17, 15) is 14.4 Å². The number of carbonyl (C=O) groups excluding carboxylic acids is 3. The summed E-state index contributed by atoms with van der Waals surface area (Å²) in [6.07, 6.45) is 2.88. The molecule has 2 aliphatic rings. The van der Waals surface area contributed by atoms with Crippen molar-refractivity contribution < 1.29 is 18.8 Å². The van der Waals surface area contributed by atoms with E-state index < -0.39 is 0 Å². The highest BCUT2D eigenvalue weighted by Gasteiger charge is 2.33. The van der Waals surface area contributed by atoms with Crippen LogP contribution in [0.1, 0.15) is 33.1 Å². The van der Waals surface area contributed by atoms with E-state index in [0.717, 1.165) is 4.88 Å². The van der Waals surface area contributed by atoms with Gasteiger partial charge in [-0.1, -0.05) is 6.07 Å². The lowest BCUT2D eigenvalue weighted by atomic mass is 9.95. The van der Waals surface area contributed by atoms with Gasteiger partial charge in [0.15, 0.2) is 5.76 Å². The highest BCUT2D eigenvalue weighted by Crippen LogP contribution is 2.23. The number of thiophene rings is 1. The van der Waals surface area contributed by atoms with E-state index in [-0.39, 0.29) is 23.6 Å². The van der Waals surface area contributed by atoms with Crippen molar-refractivity contribution in [2.45, 2.75) is 12.8 Å². The van der Waals surface area contributed by atoms with Crippen LogP contribution in [0, 0.1) is 5.92 Å². The minimum atomic E-state index is -0.127. The van der Waals surface area contributed by atoms with E-state index >= 15 is 0 Å². The molecule has 2 saturated heterocycles. The number of hydrogen-bond donors (Lipinski definition) is 0. The Labute approximate surface area is 167 Å². The number of carbonyl (C=O) groups is 3. The lowest BCUT2D eigenvalue weighted by molar-refractivity contribution is -0.138. The van der Waals surface area contributed by atoms with Gasteiger partial charge in [-0.2, -0.15) is 0 Å². The maximum Gasteiger partial charge on any atom is 0.289 e. The van der Waals surface area contributed by atoms with Crippen molar-refractivity contribution in [2.75, 3.05) is 39.3 Å². The third kappa shape index (κ3) is 3.82. The van der Waals surface area contributed by atoms with E-state index in [4.69, 9.17) is 4.42 Å². The second-order valence-corrected chi connectivity index (χ2v) is 8.09. The Balaban J connectivity index is 1.26. The van der Waals surface area contributed by atoms with Crippen molar-refractivity contribution >= 4 is 29.1 Å². The maximum atomic E-state index is 12.9. The first-order chi connectivity index (χ1) is 13.6. The summed E-state index contributed by atoms with van der Waals surface area (Å²) in [5, 5.41) is 1.90.